The van der Waals surface area contributed by atoms with E-state index in [0.717, 1.165) is 11.1 Å². The number of rotatable bonds is 5. The molecule has 0 bridgehead atoms. The molecule has 0 fully saturated rings. The minimum absolute atomic E-state index is 0.267. The third-order valence-electron chi connectivity index (χ3n) is 2.90. The second-order valence-electron chi connectivity index (χ2n) is 4.62. The molecular formula is C17H15FO3. The molecule has 0 radical (unpaired) electrons. The van der Waals surface area contributed by atoms with Crippen LogP contribution in [0.25, 0.3) is 6.08 Å². The standard InChI is InChI=1S/C17H15FO3/c1-12(17(19)20)9-13-5-7-16(8-6-13)21-11-14-3-2-4-15(18)10-14/h2-10H,11H2,1H3,(H,19,20)/b12-9+. The minimum atomic E-state index is -0.943. The highest BCUT2D eigenvalue weighted by Crippen LogP contribution is 2.16. The summed E-state index contributed by atoms with van der Waals surface area (Å²) in [6.45, 7) is 1.82. The van der Waals surface area contributed by atoms with Gasteiger partial charge in [0.2, 0.25) is 0 Å². The van der Waals surface area contributed by atoms with Crippen molar-refractivity contribution in [1.29, 1.82) is 0 Å². The molecular weight excluding hydrogens is 271 g/mol. The van der Waals surface area contributed by atoms with Gasteiger partial charge in [0.25, 0.3) is 0 Å². The van der Waals surface area contributed by atoms with Gasteiger partial charge in [0, 0.05) is 5.57 Å². The Morgan fingerprint density at radius 3 is 2.57 bits per heavy atom. The lowest BCUT2D eigenvalue weighted by atomic mass is 10.1. The number of halogens is 1. The van der Waals surface area contributed by atoms with Crippen LogP contribution < -0.4 is 4.74 Å². The summed E-state index contributed by atoms with van der Waals surface area (Å²) in [4.78, 5) is 10.7. The molecule has 0 heterocycles. The molecule has 0 aliphatic heterocycles. The summed E-state index contributed by atoms with van der Waals surface area (Å²) in [5, 5.41) is 8.81. The Hall–Kier alpha value is -2.62. The zero-order valence-electron chi connectivity index (χ0n) is 11.5. The molecule has 0 aliphatic rings. The van der Waals surface area contributed by atoms with E-state index in [0.29, 0.717) is 5.75 Å². The first-order chi connectivity index (χ1) is 10.0. The number of benzene rings is 2. The lowest BCUT2D eigenvalue weighted by molar-refractivity contribution is -0.132. The molecule has 2 rings (SSSR count). The highest BCUT2D eigenvalue weighted by atomic mass is 19.1. The molecule has 1 N–H and O–H groups in total. The highest BCUT2D eigenvalue weighted by molar-refractivity contribution is 5.91. The summed E-state index contributed by atoms with van der Waals surface area (Å²) < 4.78 is 18.6. The average molecular weight is 286 g/mol. The second-order valence-corrected chi connectivity index (χ2v) is 4.62. The van der Waals surface area contributed by atoms with Crippen molar-refractivity contribution in [3.63, 3.8) is 0 Å². The van der Waals surface area contributed by atoms with Crippen LogP contribution in [0.2, 0.25) is 0 Å². The Kier molecular flexibility index (Phi) is 4.72. The van der Waals surface area contributed by atoms with Gasteiger partial charge in [-0.15, -0.1) is 0 Å². The molecule has 2 aromatic carbocycles. The van der Waals surface area contributed by atoms with Crippen molar-refractivity contribution in [2.24, 2.45) is 0 Å². The van der Waals surface area contributed by atoms with Gasteiger partial charge in [0.05, 0.1) is 0 Å². The Balaban J connectivity index is 2.00. The van der Waals surface area contributed by atoms with Gasteiger partial charge >= 0.3 is 5.97 Å². The van der Waals surface area contributed by atoms with Gasteiger partial charge in [-0.05, 0) is 48.4 Å². The second kappa shape index (κ2) is 6.70. The number of hydrogen-bond donors (Lipinski definition) is 1. The largest absolute Gasteiger partial charge is 0.489 e. The Labute approximate surface area is 122 Å². The van der Waals surface area contributed by atoms with E-state index in [9.17, 15) is 9.18 Å². The van der Waals surface area contributed by atoms with Crippen molar-refractivity contribution in [1.82, 2.24) is 0 Å². The average Bonchev–Trinajstić information content (AvgIpc) is 2.46. The fraction of sp³-hybridized carbons (Fsp3) is 0.118. The minimum Gasteiger partial charge on any atom is -0.489 e. The summed E-state index contributed by atoms with van der Waals surface area (Å²) in [6, 6.07) is 13.3. The van der Waals surface area contributed by atoms with E-state index in [2.05, 4.69) is 0 Å². The quantitative estimate of drug-likeness (QED) is 0.848. The predicted molar refractivity (Wildman–Crippen MR) is 78.5 cm³/mol. The lowest BCUT2D eigenvalue weighted by Crippen LogP contribution is -1.96. The summed E-state index contributed by atoms with van der Waals surface area (Å²) >= 11 is 0. The summed E-state index contributed by atoms with van der Waals surface area (Å²) in [7, 11) is 0. The molecule has 4 heteroatoms. The molecule has 0 atom stereocenters. The van der Waals surface area contributed by atoms with Crippen molar-refractivity contribution < 1.29 is 19.0 Å². The van der Waals surface area contributed by atoms with Crippen LogP contribution in [0, 0.1) is 5.82 Å². The molecule has 108 valence electrons. The first-order valence-corrected chi connectivity index (χ1v) is 6.43. The van der Waals surface area contributed by atoms with Crippen LogP contribution in [0.1, 0.15) is 18.1 Å². The normalized spacial score (nSPS) is 11.2. The van der Waals surface area contributed by atoms with Crippen LogP contribution in [0.5, 0.6) is 5.75 Å². The molecule has 0 aliphatic carbocycles. The number of carbonyl (C=O) groups is 1. The number of hydrogen-bond acceptors (Lipinski definition) is 2. The molecule has 2 aromatic rings. The molecule has 0 aromatic heterocycles. The number of carboxylic acids is 1. The summed E-state index contributed by atoms with van der Waals surface area (Å²) in [5.74, 6) is -0.591. The number of ether oxygens (including phenoxy) is 1. The summed E-state index contributed by atoms with van der Waals surface area (Å²) in [5.41, 5.74) is 1.80. The number of aliphatic carboxylic acids is 1. The van der Waals surface area contributed by atoms with E-state index >= 15 is 0 Å². The molecule has 0 spiro atoms. The first kappa shape index (κ1) is 14.8. The van der Waals surface area contributed by atoms with Gasteiger partial charge in [0.1, 0.15) is 18.2 Å². The van der Waals surface area contributed by atoms with Gasteiger partial charge in [-0.2, -0.15) is 0 Å². The fourth-order valence-corrected chi connectivity index (χ4v) is 1.77. The van der Waals surface area contributed by atoms with Gasteiger partial charge < -0.3 is 9.84 Å². The molecule has 21 heavy (non-hydrogen) atoms. The van der Waals surface area contributed by atoms with Crippen molar-refractivity contribution in [2.75, 3.05) is 0 Å². The van der Waals surface area contributed by atoms with Crippen LogP contribution in [-0.2, 0) is 11.4 Å². The van der Waals surface area contributed by atoms with Gasteiger partial charge in [-0.3, -0.25) is 0 Å². The Morgan fingerprint density at radius 2 is 1.95 bits per heavy atom. The van der Waals surface area contributed by atoms with Crippen LogP contribution in [0.4, 0.5) is 4.39 Å². The number of carboxylic acid groups (broad SMARTS) is 1. The van der Waals surface area contributed by atoms with E-state index in [-0.39, 0.29) is 18.0 Å². The van der Waals surface area contributed by atoms with E-state index in [1.807, 2.05) is 0 Å². The first-order valence-electron chi connectivity index (χ1n) is 6.43. The van der Waals surface area contributed by atoms with Gasteiger partial charge in [0.15, 0.2) is 0 Å². The Bertz CT molecular complexity index is 660. The molecule has 0 unspecified atom stereocenters. The Morgan fingerprint density at radius 1 is 1.24 bits per heavy atom. The van der Waals surface area contributed by atoms with Crippen LogP contribution in [0.15, 0.2) is 54.1 Å². The third kappa shape index (κ3) is 4.45. The zero-order valence-corrected chi connectivity index (χ0v) is 11.5. The monoisotopic (exact) mass is 286 g/mol. The van der Waals surface area contributed by atoms with Crippen molar-refractivity contribution in [2.45, 2.75) is 13.5 Å². The fourth-order valence-electron chi connectivity index (χ4n) is 1.77. The maximum atomic E-state index is 13.0. The van der Waals surface area contributed by atoms with Crippen molar-refractivity contribution >= 4 is 12.0 Å². The predicted octanol–water partition coefficient (Wildman–Crippen LogP) is 3.89. The van der Waals surface area contributed by atoms with E-state index in [4.69, 9.17) is 9.84 Å². The lowest BCUT2D eigenvalue weighted by Gasteiger charge is -2.06. The maximum Gasteiger partial charge on any atom is 0.331 e. The van der Waals surface area contributed by atoms with Gasteiger partial charge in [-0.1, -0.05) is 24.3 Å². The van der Waals surface area contributed by atoms with Crippen molar-refractivity contribution in [3.8, 4) is 5.75 Å². The van der Waals surface area contributed by atoms with Crippen LogP contribution in [0.3, 0.4) is 0 Å². The molecule has 3 nitrogen and oxygen atoms in total. The third-order valence-corrected chi connectivity index (χ3v) is 2.90. The van der Waals surface area contributed by atoms with Crippen LogP contribution >= 0.6 is 0 Å². The smallest absolute Gasteiger partial charge is 0.331 e. The maximum absolute atomic E-state index is 13.0. The van der Waals surface area contributed by atoms with Gasteiger partial charge in [-0.25, -0.2) is 9.18 Å². The molecule has 0 saturated heterocycles. The highest BCUT2D eigenvalue weighted by Gasteiger charge is 2.01. The zero-order chi connectivity index (χ0) is 15.2. The SMILES string of the molecule is C/C(=C\c1ccc(OCc2cccc(F)c2)cc1)C(=O)O. The molecule has 0 amide bonds. The van der Waals surface area contributed by atoms with Crippen LogP contribution in [-0.4, -0.2) is 11.1 Å². The molecule has 0 saturated carbocycles. The van der Waals surface area contributed by atoms with Crippen molar-refractivity contribution in [3.05, 3.63) is 71.0 Å². The van der Waals surface area contributed by atoms with E-state index in [1.165, 1.54) is 19.1 Å². The summed E-state index contributed by atoms with van der Waals surface area (Å²) in [6.07, 6.45) is 1.58. The topological polar surface area (TPSA) is 46.5 Å². The van der Waals surface area contributed by atoms with E-state index < -0.39 is 5.97 Å². The van der Waals surface area contributed by atoms with E-state index in [1.54, 1.807) is 42.5 Å².